The summed E-state index contributed by atoms with van der Waals surface area (Å²) in [4.78, 5) is 38.0. The number of carbonyl (C=O) groups excluding carboxylic acids is 3. The van der Waals surface area contributed by atoms with E-state index < -0.39 is 75.2 Å². The summed E-state index contributed by atoms with van der Waals surface area (Å²) < 4.78 is 82.2. The number of hydrogen-bond acceptors (Lipinski definition) is 4. The Labute approximate surface area is 265 Å². The van der Waals surface area contributed by atoms with E-state index in [2.05, 4.69) is 15.4 Å². The van der Waals surface area contributed by atoms with Gasteiger partial charge in [-0.25, -0.2) is 13.2 Å². The lowest BCUT2D eigenvalue weighted by Crippen LogP contribution is -2.33. The highest BCUT2D eigenvalue weighted by Crippen LogP contribution is 2.64. The largest absolute Gasteiger partial charge is 0.523 e. The minimum absolute atomic E-state index is 0.0309. The van der Waals surface area contributed by atoms with Gasteiger partial charge in [-0.3, -0.25) is 19.1 Å². The number of anilines is 3. The van der Waals surface area contributed by atoms with Crippen molar-refractivity contribution >= 4 is 81.2 Å². The van der Waals surface area contributed by atoms with Gasteiger partial charge in [0.25, 0.3) is 11.8 Å². The number of amides is 3. The highest BCUT2D eigenvalue weighted by molar-refractivity contribution is 6.53. The number of alkyl halides is 5. The van der Waals surface area contributed by atoms with Crippen molar-refractivity contribution in [2.45, 2.75) is 36.6 Å². The summed E-state index contributed by atoms with van der Waals surface area (Å²) in [6.45, 7) is 0.711. The number of ether oxygens (including phenoxy) is 1. The van der Waals surface area contributed by atoms with E-state index in [-0.39, 0.29) is 34.1 Å². The smallest absolute Gasteiger partial charge is 0.326 e. The van der Waals surface area contributed by atoms with Crippen LogP contribution in [-0.2, 0) is 14.3 Å². The van der Waals surface area contributed by atoms with Crippen molar-refractivity contribution in [1.82, 2.24) is 0 Å². The zero-order valence-electron chi connectivity index (χ0n) is 22.0. The van der Waals surface area contributed by atoms with Crippen molar-refractivity contribution in [3.8, 4) is 0 Å². The molecule has 3 amide bonds. The first-order valence-corrected chi connectivity index (χ1v) is 14.0. The quantitative estimate of drug-likeness (QED) is 0.191. The average molecular weight is 705 g/mol. The summed E-state index contributed by atoms with van der Waals surface area (Å²) >= 11 is 24.7. The fraction of sp³-hybridized carbons (Fsp3) is 0.296. The van der Waals surface area contributed by atoms with Crippen LogP contribution in [-0.4, -0.2) is 34.5 Å². The molecule has 0 saturated heterocycles. The molecule has 0 aromatic heterocycles. The Kier molecular flexibility index (Phi) is 9.86. The predicted molar refractivity (Wildman–Crippen MR) is 152 cm³/mol. The second-order valence-electron chi connectivity index (χ2n) is 9.72. The summed E-state index contributed by atoms with van der Waals surface area (Å²) in [5, 5.41) is 6.09. The molecule has 3 N–H and O–H groups in total. The predicted octanol–water partition coefficient (Wildman–Crippen LogP) is 8.23. The number of carbonyl (C=O) groups is 3. The number of hydrogen-bond donors (Lipinski definition) is 3. The van der Waals surface area contributed by atoms with Gasteiger partial charge in [0.1, 0.15) is 27.8 Å². The van der Waals surface area contributed by atoms with Gasteiger partial charge in [-0.15, -0.1) is 36.4 Å². The highest BCUT2D eigenvalue weighted by Gasteiger charge is 2.68. The van der Waals surface area contributed by atoms with Crippen LogP contribution in [0.25, 0.3) is 0 Å². The third-order valence-electron chi connectivity index (χ3n) is 6.69. The summed E-state index contributed by atoms with van der Waals surface area (Å²) in [6, 6.07) is 5.19. The van der Waals surface area contributed by atoms with E-state index in [1.54, 1.807) is 5.32 Å². The maximum atomic E-state index is 15.0. The molecular formula is C27H19Cl4F6N3O4. The molecule has 2 aromatic rings. The Balaban J connectivity index is 1.48. The Morgan fingerprint density at radius 3 is 2.32 bits per heavy atom. The molecule has 44 heavy (non-hydrogen) atoms. The average Bonchev–Trinajstić information content (AvgIpc) is 3.51. The lowest BCUT2D eigenvalue weighted by molar-refractivity contribution is -0.335. The number of nitrogens with one attached hydrogen (secondary N) is 3. The molecule has 1 saturated carbocycles. The van der Waals surface area contributed by atoms with Gasteiger partial charge in [-0.05, 0) is 49.8 Å². The van der Waals surface area contributed by atoms with Crippen molar-refractivity contribution in [1.29, 1.82) is 0 Å². The maximum absolute atomic E-state index is 15.0. The molecule has 236 valence electrons. The van der Waals surface area contributed by atoms with Crippen molar-refractivity contribution in [3.05, 3.63) is 75.1 Å². The van der Waals surface area contributed by atoms with Gasteiger partial charge in [0.2, 0.25) is 5.91 Å². The topological polar surface area (TPSA) is 96.5 Å². The van der Waals surface area contributed by atoms with E-state index in [0.29, 0.717) is 18.6 Å². The van der Waals surface area contributed by atoms with E-state index >= 15 is 4.39 Å². The molecule has 3 atom stereocenters. The molecule has 0 unspecified atom stereocenters. The van der Waals surface area contributed by atoms with Crippen molar-refractivity contribution in [2.24, 2.45) is 11.8 Å². The van der Waals surface area contributed by atoms with E-state index in [1.165, 1.54) is 18.2 Å². The minimum atomic E-state index is -5.19. The van der Waals surface area contributed by atoms with Crippen molar-refractivity contribution in [3.63, 3.8) is 0 Å². The standard InChI is InChI=1S/C27H19Cl4F6N3O4/c1-10(44-27(35,36)37)23(41)40-22-17(33)6-7-18(21(22)34)39-24(42)13-9-12(3-4-14(13)28)38-25(43)20-19(26(20,30)31)11-2-5-16(32)15(29)8-11/h3-4,6-10,19-20H,2,5H2,1H3,(H,38,43)(H,39,42)(H,40,41)/t10-,19+,20-/m1/s1. The van der Waals surface area contributed by atoms with E-state index in [1.807, 2.05) is 0 Å². The highest BCUT2D eigenvalue weighted by atomic mass is 35.5. The number of halogens is 10. The van der Waals surface area contributed by atoms with Gasteiger partial charge in [0.05, 0.1) is 27.2 Å². The van der Waals surface area contributed by atoms with E-state index in [4.69, 9.17) is 46.4 Å². The molecule has 17 heteroatoms. The first-order chi connectivity index (χ1) is 20.4. The Morgan fingerprint density at radius 1 is 1.00 bits per heavy atom. The summed E-state index contributed by atoms with van der Waals surface area (Å²) in [5.74, 6) is -8.14. The molecule has 1 fully saturated rings. The SMILES string of the molecule is C[C@@H](OC(F)(F)F)C(=O)Nc1c(F)ccc(NC(=O)c2cc(NC(=O)[C@H]3[C@H](C4=CC(Cl)=C(F)CC4)C3(Cl)Cl)ccc2Cl)c1F. The molecule has 2 aliphatic rings. The van der Waals surface area contributed by atoms with Crippen LogP contribution in [0.15, 0.2) is 52.8 Å². The zero-order chi connectivity index (χ0) is 32.7. The van der Waals surface area contributed by atoms with Gasteiger partial charge in [0, 0.05) is 18.0 Å². The Bertz CT molecular complexity index is 1600. The molecule has 4 rings (SSSR count). The summed E-state index contributed by atoms with van der Waals surface area (Å²) in [6.07, 6.45) is -5.68. The van der Waals surface area contributed by atoms with Crippen LogP contribution in [0.2, 0.25) is 5.02 Å². The fourth-order valence-corrected chi connectivity index (χ4v) is 5.77. The molecule has 0 aliphatic heterocycles. The van der Waals surface area contributed by atoms with Crippen LogP contribution < -0.4 is 16.0 Å². The molecule has 2 aliphatic carbocycles. The molecule has 0 heterocycles. The molecule has 7 nitrogen and oxygen atoms in total. The summed E-state index contributed by atoms with van der Waals surface area (Å²) in [5.41, 5.74) is -1.43. The normalized spacial score (nSPS) is 20.0. The van der Waals surface area contributed by atoms with Crippen LogP contribution in [0.3, 0.4) is 0 Å². The third kappa shape index (κ3) is 7.45. The Morgan fingerprint density at radius 2 is 1.68 bits per heavy atom. The minimum Gasteiger partial charge on any atom is -0.326 e. The molecule has 0 radical (unpaired) electrons. The molecular weight excluding hydrogens is 686 g/mol. The lowest BCUT2D eigenvalue weighted by Gasteiger charge is -2.17. The number of rotatable bonds is 8. The van der Waals surface area contributed by atoms with E-state index in [0.717, 1.165) is 12.1 Å². The van der Waals surface area contributed by atoms with Gasteiger partial charge in [-0.1, -0.05) is 28.8 Å². The lowest BCUT2D eigenvalue weighted by atomic mass is 9.98. The summed E-state index contributed by atoms with van der Waals surface area (Å²) in [7, 11) is 0. The monoisotopic (exact) mass is 703 g/mol. The van der Waals surface area contributed by atoms with Crippen LogP contribution in [0.4, 0.5) is 43.4 Å². The zero-order valence-corrected chi connectivity index (χ0v) is 25.0. The number of allylic oxidation sites excluding steroid dienone is 4. The van der Waals surface area contributed by atoms with Gasteiger partial charge in [-0.2, -0.15) is 0 Å². The van der Waals surface area contributed by atoms with Crippen LogP contribution in [0.5, 0.6) is 0 Å². The number of benzene rings is 2. The van der Waals surface area contributed by atoms with Gasteiger partial charge >= 0.3 is 6.36 Å². The van der Waals surface area contributed by atoms with Crippen LogP contribution >= 0.6 is 46.4 Å². The van der Waals surface area contributed by atoms with Crippen molar-refractivity contribution < 1.29 is 45.5 Å². The second kappa shape index (κ2) is 12.8. The third-order valence-corrected chi connectivity index (χ3v) is 8.27. The van der Waals surface area contributed by atoms with Crippen LogP contribution in [0.1, 0.15) is 30.1 Å². The second-order valence-corrected chi connectivity index (χ2v) is 12.0. The first-order valence-electron chi connectivity index (χ1n) is 12.5. The van der Waals surface area contributed by atoms with Crippen LogP contribution in [0, 0.1) is 23.5 Å². The first kappa shape index (κ1) is 33.9. The van der Waals surface area contributed by atoms with E-state index in [9.17, 15) is 36.3 Å². The fourth-order valence-electron chi connectivity index (χ4n) is 4.48. The Hall–Kier alpha value is -2.97. The molecule has 2 aromatic carbocycles. The van der Waals surface area contributed by atoms with Crippen molar-refractivity contribution in [2.75, 3.05) is 16.0 Å². The maximum Gasteiger partial charge on any atom is 0.523 e. The molecule has 0 bridgehead atoms. The van der Waals surface area contributed by atoms with Gasteiger partial charge < -0.3 is 16.0 Å². The molecule has 0 spiro atoms. The van der Waals surface area contributed by atoms with Gasteiger partial charge in [0.15, 0.2) is 5.82 Å².